The van der Waals surface area contributed by atoms with E-state index < -0.39 is 0 Å². The molecule has 0 aliphatic heterocycles. The Morgan fingerprint density at radius 2 is 2.16 bits per heavy atom. The number of methoxy groups -OCH3 is 1. The summed E-state index contributed by atoms with van der Waals surface area (Å²) in [5.41, 5.74) is 1.93. The fraction of sp³-hybridized carbons (Fsp3) is 0.462. The largest absolute Gasteiger partial charge is 0.378 e. The van der Waals surface area contributed by atoms with E-state index in [0.717, 1.165) is 34.6 Å². The van der Waals surface area contributed by atoms with Gasteiger partial charge in [-0.25, -0.2) is 15.0 Å². The van der Waals surface area contributed by atoms with Crippen LogP contribution < -0.4 is 5.32 Å². The van der Waals surface area contributed by atoms with Crippen LogP contribution in [-0.4, -0.2) is 28.6 Å². The molecule has 2 aromatic rings. The Balaban J connectivity index is 2.22. The van der Waals surface area contributed by atoms with Crippen molar-refractivity contribution in [3.05, 3.63) is 33.7 Å². The zero-order chi connectivity index (χ0) is 13.7. The Labute approximate surface area is 117 Å². The molecule has 0 saturated carbocycles. The standard InChI is InChI=1S/C13H18N4OS/c1-4-14-11-5-10(7-18-3)16-12(17-11)6-13-15-9(2)8-19-13/h5,8H,4,6-7H2,1-3H3,(H,14,16,17). The van der Waals surface area contributed by atoms with E-state index >= 15 is 0 Å². The highest BCUT2D eigenvalue weighted by Crippen LogP contribution is 2.14. The lowest BCUT2D eigenvalue weighted by Crippen LogP contribution is -2.07. The topological polar surface area (TPSA) is 59.9 Å². The van der Waals surface area contributed by atoms with Crippen LogP contribution in [0.4, 0.5) is 5.82 Å². The second-order valence-electron chi connectivity index (χ2n) is 4.18. The maximum absolute atomic E-state index is 5.14. The van der Waals surface area contributed by atoms with Crippen LogP contribution in [0.15, 0.2) is 11.4 Å². The van der Waals surface area contributed by atoms with Gasteiger partial charge in [0.1, 0.15) is 16.6 Å². The Morgan fingerprint density at radius 3 is 2.79 bits per heavy atom. The van der Waals surface area contributed by atoms with Crippen molar-refractivity contribution in [2.75, 3.05) is 19.0 Å². The van der Waals surface area contributed by atoms with Crippen LogP contribution in [0.5, 0.6) is 0 Å². The number of nitrogens with zero attached hydrogens (tertiary/aromatic N) is 3. The van der Waals surface area contributed by atoms with Gasteiger partial charge in [-0.2, -0.15) is 0 Å². The van der Waals surface area contributed by atoms with Crippen molar-refractivity contribution in [2.24, 2.45) is 0 Å². The summed E-state index contributed by atoms with van der Waals surface area (Å²) in [4.78, 5) is 13.4. The quantitative estimate of drug-likeness (QED) is 0.879. The molecule has 0 atom stereocenters. The van der Waals surface area contributed by atoms with Gasteiger partial charge < -0.3 is 10.1 Å². The molecule has 6 heteroatoms. The van der Waals surface area contributed by atoms with E-state index in [0.29, 0.717) is 13.0 Å². The van der Waals surface area contributed by atoms with Gasteiger partial charge in [0.2, 0.25) is 0 Å². The van der Waals surface area contributed by atoms with E-state index in [1.54, 1.807) is 18.4 Å². The predicted molar refractivity (Wildman–Crippen MR) is 76.6 cm³/mol. The number of hydrogen-bond acceptors (Lipinski definition) is 6. The molecular weight excluding hydrogens is 260 g/mol. The number of ether oxygens (including phenoxy) is 1. The van der Waals surface area contributed by atoms with Gasteiger partial charge in [0.15, 0.2) is 0 Å². The number of aryl methyl sites for hydroxylation is 1. The van der Waals surface area contributed by atoms with Crippen molar-refractivity contribution < 1.29 is 4.74 Å². The van der Waals surface area contributed by atoms with E-state index in [2.05, 4.69) is 20.3 Å². The summed E-state index contributed by atoms with van der Waals surface area (Å²) in [6, 6.07) is 1.92. The first-order valence-corrected chi connectivity index (χ1v) is 7.10. The van der Waals surface area contributed by atoms with Crippen LogP contribution in [-0.2, 0) is 17.8 Å². The van der Waals surface area contributed by atoms with Crippen LogP contribution >= 0.6 is 11.3 Å². The third-order valence-corrected chi connectivity index (χ3v) is 3.42. The number of rotatable bonds is 6. The van der Waals surface area contributed by atoms with Crippen molar-refractivity contribution in [3.63, 3.8) is 0 Å². The first-order chi connectivity index (χ1) is 9.21. The Kier molecular flexibility index (Phi) is 4.81. The van der Waals surface area contributed by atoms with Crippen LogP contribution in [0.3, 0.4) is 0 Å². The Hall–Kier alpha value is -1.53. The molecule has 0 fully saturated rings. The molecule has 2 aromatic heterocycles. The van der Waals surface area contributed by atoms with Crippen molar-refractivity contribution in [1.82, 2.24) is 15.0 Å². The molecule has 0 unspecified atom stereocenters. The van der Waals surface area contributed by atoms with E-state index in [1.807, 2.05) is 25.3 Å². The molecule has 0 aliphatic carbocycles. The Morgan fingerprint density at radius 1 is 1.32 bits per heavy atom. The third kappa shape index (κ3) is 3.97. The lowest BCUT2D eigenvalue weighted by molar-refractivity contribution is 0.181. The summed E-state index contributed by atoms with van der Waals surface area (Å²) < 4.78 is 5.14. The second-order valence-corrected chi connectivity index (χ2v) is 5.13. The highest BCUT2D eigenvalue weighted by Gasteiger charge is 2.07. The summed E-state index contributed by atoms with van der Waals surface area (Å²) in [7, 11) is 1.67. The monoisotopic (exact) mass is 278 g/mol. The summed E-state index contributed by atoms with van der Waals surface area (Å²) in [6.45, 7) is 5.36. The molecule has 0 aromatic carbocycles. The van der Waals surface area contributed by atoms with Crippen molar-refractivity contribution in [2.45, 2.75) is 26.9 Å². The molecule has 0 aliphatic rings. The average molecular weight is 278 g/mol. The Bertz CT molecular complexity index is 517. The predicted octanol–water partition coefficient (Wildman–Crippen LogP) is 2.41. The van der Waals surface area contributed by atoms with E-state index in [9.17, 15) is 0 Å². The molecule has 0 bridgehead atoms. The van der Waals surface area contributed by atoms with Crippen molar-refractivity contribution in [3.8, 4) is 0 Å². The van der Waals surface area contributed by atoms with Gasteiger partial charge in [0.05, 0.1) is 18.7 Å². The molecule has 0 radical (unpaired) electrons. The minimum absolute atomic E-state index is 0.491. The SMILES string of the molecule is CCNc1cc(COC)nc(Cc2nc(C)cs2)n1. The zero-order valence-electron chi connectivity index (χ0n) is 11.4. The number of nitrogens with one attached hydrogen (secondary N) is 1. The lowest BCUT2D eigenvalue weighted by Gasteiger charge is -2.07. The second kappa shape index (κ2) is 6.58. The van der Waals surface area contributed by atoms with Gasteiger partial charge in [-0.05, 0) is 13.8 Å². The van der Waals surface area contributed by atoms with Gasteiger partial charge in [-0.1, -0.05) is 0 Å². The fourth-order valence-corrected chi connectivity index (χ4v) is 2.51. The minimum Gasteiger partial charge on any atom is -0.378 e. The molecule has 0 spiro atoms. The van der Waals surface area contributed by atoms with Gasteiger partial charge in [-0.3, -0.25) is 0 Å². The normalized spacial score (nSPS) is 10.7. The molecule has 19 heavy (non-hydrogen) atoms. The number of aromatic nitrogens is 3. The smallest absolute Gasteiger partial charge is 0.137 e. The molecule has 1 N–H and O–H groups in total. The van der Waals surface area contributed by atoms with E-state index in [-0.39, 0.29) is 0 Å². The van der Waals surface area contributed by atoms with Gasteiger partial charge >= 0.3 is 0 Å². The van der Waals surface area contributed by atoms with Crippen LogP contribution in [0.2, 0.25) is 0 Å². The summed E-state index contributed by atoms with van der Waals surface area (Å²) in [5.74, 6) is 1.62. The van der Waals surface area contributed by atoms with E-state index in [1.165, 1.54) is 0 Å². The fourth-order valence-electron chi connectivity index (χ4n) is 1.74. The molecule has 102 valence electrons. The molecule has 2 heterocycles. The molecule has 0 amide bonds. The highest BCUT2D eigenvalue weighted by atomic mass is 32.1. The van der Waals surface area contributed by atoms with Crippen molar-refractivity contribution in [1.29, 1.82) is 0 Å². The number of anilines is 1. The van der Waals surface area contributed by atoms with Gasteiger partial charge in [0, 0.05) is 30.8 Å². The number of thiazole rings is 1. The minimum atomic E-state index is 0.491. The van der Waals surface area contributed by atoms with Crippen molar-refractivity contribution >= 4 is 17.2 Å². The maximum atomic E-state index is 5.14. The average Bonchev–Trinajstić information content (AvgIpc) is 2.75. The summed E-state index contributed by atoms with van der Waals surface area (Å²) in [5, 5.41) is 6.29. The summed E-state index contributed by atoms with van der Waals surface area (Å²) in [6.07, 6.45) is 0.661. The molecule has 5 nitrogen and oxygen atoms in total. The number of hydrogen-bond donors (Lipinski definition) is 1. The molecule has 0 saturated heterocycles. The molecule has 2 rings (SSSR count). The summed E-state index contributed by atoms with van der Waals surface area (Å²) >= 11 is 1.64. The lowest BCUT2D eigenvalue weighted by atomic mass is 10.3. The maximum Gasteiger partial charge on any atom is 0.137 e. The zero-order valence-corrected chi connectivity index (χ0v) is 12.3. The third-order valence-electron chi connectivity index (χ3n) is 2.45. The van der Waals surface area contributed by atoms with E-state index in [4.69, 9.17) is 4.74 Å². The van der Waals surface area contributed by atoms with Crippen LogP contribution in [0.25, 0.3) is 0 Å². The highest BCUT2D eigenvalue weighted by molar-refractivity contribution is 7.09. The molecular formula is C13H18N4OS. The van der Waals surface area contributed by atoms with Crippen LogP contribution in [0, 0.1) is 6.92 Å². The van der Waals surface area contributed by atoms with Crippen LogP contribution in [0.1, 0.15) is 29.1 Å². The first kappa shape index (κ1) is 13.9. The van der Waals surface area contributed by atoms with Gasteiger partial charge in [0.25, 0.3) is 0 Å². The first-order valence-electron chi connectivity index (χ1n) is 6.22. The van der Waals surface area contributed by atoms with Gasteiger partial charge in [-0.15, -0.1) is 11.3 Å².